The first-order valence-corrected chi connectivity index (χ1v) is 9.63. The zero-order valence-corrected chi connectivity index (χ0v) is 17.4. The van der Waals surface area contributed by atoms with E-state index in [0.29, 0.717) is 31.3 Å². The van der Waals surface area contributed by atoms with Gasteiger partial charge in [0.05, 0.1) is 13.2 Å². The first-order chi connectivity index (χ1) is 12.3. The molecule has 2 unspecified atom stereocenters. The van der Waals surface area contributed by atoms with Gasteiger partial charge in [0.1, 0.15) is 0 Å². The summed E-state index contributed by atoms with van der Waals surface area (Å²) >= 11 is 0. The largest absolute Gasteiger partial charge is 0.395 e. The van der Waals surface area contributed by atoms with Gasteiger partial charge in [-0.05, 0) is 47.0 Å². The Balaban J connectivity index is 0.00000261. The van der Waals surface area contributed by atoms with Crippen LogP contribution in [0.5, 0.6) is 0 Å². The van der Waals surface area contributed by atoms with E-state index in [1.807, 2.05) is 4.90 Å². The molecule has 2 aliphatic rings. The van der Waals surface area contributed by atoms with Crippen molar-refractivity contribution in [2.24, 2.45) is 16.7 Å². The zero-order chi connectivity index (χ0) is 18.9. The van der Waals surface area contributed by atoms with Gasteiger partial charge in [-0.2, -0.15) is 0 Å². The summed E-state index contributed by atoms with van der Waals surface area (Å²) in [5.41, 5.74) is 3.04. The maximum Gasteiger partial charge on any atom is 0.165 e. The number of rotatable bonds is 7. The lowest BCUT2D eigenvalue weighted by Gasteiger charge is -2.31. The molecule has 1 aromatic rings. The van der Waals surface area contributed by atoms with Crippen molar-refractivity contribution in [3.8, 4) is 0 Å². The van der Waals surface area contributed by atoms with E-state index in [0.717, 1.165) is 29.5 Å². The molecule has 2 fully saturated rings. The molecule has 0 heterocycles. The van der Waals surface area contributed by atoms with E-state index in [-0.39, 0.29) is 36.5 Å². The third-order valence-corrected chi connectivity index (χ3v) is 6.91. The highest BCUT2D eigenvalue weighted by atomic mass is 35.5. The Morgan fingerprint density at radius 2 is 1.70 bits per heavy atom. The summed E-state index contributed by atoms with van der Waals surface area (Å²) in [5, 5.41) is 18.2. The van der Waals surface area contributed by atoms with Crippen LogP contribution in [0.2, 0.25) is 0 Å². The van der Waals surface area contributed by atoms with Gasteiger partial charge in [0.15, 0.2) is 5.78 Å². The number of hydrogen-bond acceptors (Lipinski definition) is 4. The summed E-state index contributed by atoms with van der Waals surface area (Å²) in [4.78, 5) is 15.0. The second kappa shape index (κ2) is 8.44. The molecule has 150 valence electrons. The summed E-state index contributed by atoms with van der Waals surface area (Å²) in [6, 6.07) is 8.26. The first kappa shape index (κ1) is 22.1. The van der Waals surface area contributed by atoms with Crippen molar-refractivity contribution in [1.82, 2.24) is 4.90 Å². The predicted octanol–water partition coefficient (Wildman–Crippen LogP) is 3.30. The monoisotopic (exact) mass is 393 g/mol. The zero-order valence-electron chi connectivity index (χ0n) is 16.6. The van der Waals surface area contributed by atoms with Crippen molar-refractivity contribution in [2.45, 2.75) is 40.2 Å². The van der Waals surface area contributed by atoms with Crippen LogP contribution in [0.25, 0.3) is 6.08 Å². The fourth-order valence-corrected chi connectivity index (χ4v) is 4.80. The van der Waals surface area contributed by atoms with Crippen molar-refractivity contribution in [2.75, 3.05) is 26.3 Å². The van der Waals surface area contributed by atoms with Gasteiger partial charge in [-0.25, -0.2) is 0 Å². The maximum atomic E-state index is 12.9. The lowest BCUT2D eigenvalue weighted by molar-refractivity contribution is -0.125. The highest BCUT2D eigenvalue weighted by Crippen LogP contribution is 2.65. The van der Waals surface area contributed by atoms with E-state index in [4.69, 9.17) is 10.2 Å². The number of allylic oxidation sites excluding steroid dienone is 1. The van der Waals surface area contributed by atoms with Crippen LogP contribution in [-0.4, -0.2) is 47.2 Å². The van der Waals surface area contributed by atoms with Crippen LogP contribution < -0.4 is 0 Å². The van der Waals surface area contributed by atoms with Crippen molar-refractivity contribution in [3.05, 3.63) is 41.0 Å². The van der Waals surface area contributed by atoms with Gasteiger partial charge in [-0.3, -0.25) is 9.69 Å². The van der Waals surface area contributed by atoms with E-state index in [1.54, 1.807) is 0 Å². The minimum atomic E-state index is -0.210. The summed E-state index contributed by atoms with van der Waals surface area (Å²) in [5.74, 6) is 0.698. The highest BCUT2D eigenvalue weighted by Gasteiger charge is 2.63. The first-order valence-electron chi connectivity index (χ1n) is 9.63. The molecule has 5 heteroatoms. The van der Waals surface area contributed by atoms with Crippen molar-refractivity contribution < 1.29 is 15.0 Å². The number of hydrogen-bond donors (Lipinski definition) is 2. The molecule has 2 N–H and O–H groups in total. The molecule has 0 radical (unpaired) electrons. The number of carbonyl (C=O) groups is 1. The van der Waals surface area contributed by atoms with E-state index >= 15 is 0 Å². The average Bonchev–Trinajstić information content (AvgIpc) is 2.91. The molecule has 2 saturated carbocycles. The Morgan fingerprint density at radius 3 is 2.19 bits per heavy atom. The average molecular weight is 394 g/mol. The molecular weight excluding hydrogens is 362 g/mol. The molecule has 0 amide bonds. The molecule has 3 rings (SSSR count). The van der Waals surface area contributed by atoms with Crippen LogP contribution >= 0.6 is 12.4 Å². The van der Waals surface area contributed by atoms with E-state index < -0.39 is 0 Å². The number of ketones is 1. The number of aliphatic hydroxyl groups excluding tert-OH is 2. The second-order valence-electron chi connectivity index (χ2n) is 8.54. The number of nitrogens with zero attached hydrogens (tertiary/aromatic N) is 1. The lowest BCUT2D eigenvalue weighted by atomic mass is 9.70. The topological polar surface area (TPSA) is 60.8 Å². The van der Waals surface area contributed by atoms with Crippen molar-refractivity contribution in [1.29, 1.82) is 0 Å². The van der Waals surface area contributed by atoms with Gasteiger partial charge < -0.3 is 10.2 Å². The Kier molecular flexibility index (Phi) is 6.91. The molecule has 2 bridgehead atoms. The van der Waals surface area contributed by atoms with Crippen LogP contribution in [0.1, 0.15) is 44.7 Å². The molecule has 0 saturated heterocycles. The van der Waals surface area contributed by atoms with Gasteiger partial charge in [0.25, 0.3) is 0 Å². The fourth-order valence-electron chi connectivity index (χ4n) is 4.80. The molecule has 2 atom stereocenters. The van der Waals surface area contributed by atoms with Gasteiger partial charge in [-0.1, -0.05) is 45.0 Å². The Bertz CT molecular complexity index is 692. The van der Waals surface area contributed by atoms with E-state index in [9.17, 15) is 4.79 Å². The second-order valence-corrected chi connectivity index (χ2v) is 8.54. The Hall–Kier alpha value is -1.20. The van der Waals surface area contributed by atoms with Crippen LogP contribution in [0, 0.1) is 16.7 Å². The van der Waals surface area contributed by atoms with E-state index in [2.05, 4.69) is 51.1 Å². The van der Waals surface area contributed by atoms with Gasteiger partial charge in [-0.15, -0.1) is 12.4 Å². The van der Waals surface area contributed by atoms with Crippen molar-refractivity contribution >= 4 is 24.3 Å². The lowest BCUT2D eigenvalue weighted by Crippen LogP contribution is -2.32. The Morgan fingerprint density at radius 1 is 1.11 bits per heavy atom. The van der Waals surface area contributed by atoms with Gasteiger partial charge in [0, 0.05) is 25.0 Å². The smallest absolute Gasteiger partial charge is 0.165 e. The summed E-state index contributed by atoms with van der Waals surface area (Å²) < 4.78 is 0. The number of fused-ring (bicyclic) bond motifs is 2. The number of aliphatic hydroxyl groups is 2. The van der Waals surface area contributed by atoms with Crippen molar-refractivity contribution in [3.63, 3.8) is 0 Å². The number of carbonyl (C=O) groups excluding carboxylic acids is 1. The minimum absolute atomic E-state index is 0. The predicted molar refractivity (Wildman–Crippen MR) is 111 cm³/mol. The maximum absolute atomic E-state index is 12.9. The van der Waals surface area contributed by atoms with Gasteiger partial charge in [0.2, 0.25) is 0 Å². The minimum Gasteiger partial charge on any atom is -0.395 e. The molecule has 4 nitrogen and oxygen atoms in total. The third-order valence-electron chi connectivity index (χ3n) is 6.91. The SMILES string of the molecule is CC12CCC(C(=Cc3ccc(CN(CCO)CCO)cc3)C1=O)C2(C)C.Cl. The summed E-state index contributed by atoms with van der Waals surface area (Å²) in [7, 11) is 0. The molecule has 1 aromatic carbocycles. The standard InChI is InChI=1S/C22H31NO3.ClH/c1-21(2)19-8-9-22(21,3)20(26)18(19)14-16-4-6-17(7-5-16)15-23(10-12-24)11-13-25;/h4-7,14,19,24-25H,8-13,15H2,1-3H3;1H. The molecule has 0 aliphatic heterocycles. The fraction of sp³-hybridized carbons (Fsp3) is 0.591. The number of benzene rings is 1. The molecular formula is C22H32ClNO3. The third kappa shape index (κ3) is 3.86. The highest BCUT2D eigenvalue weighted by molar-refractivity contribution is 6.07. The summed E-state index contributed by atoms with van der Waals surface area (Å²) in [6.07, 6.45) is 4.20. The van der Waals surface area contributed by atoms with Crippen LogP contribution in [0.4, 0.5) is 0 Å². The van der Waals surface area contributed by atoms with Crippen LogP contribution in [0.3, 0.4) is 0 Å². The molecule has 0 aromatic heterocycles. The number of halogens is 1. The van der Waals surface area contributed by atoms with Crippen LogP contribution in [0.15, 0.2) is 29.8 Å². The molecule has 27 heavy (non-hydrogen) atoms. The molecule has 2 aliphatic carbocycles. The van der Waals surface area contributed by atoms with Gasteiger partial charge >= 0.3 is 0 Å². The Labute approximate surface area is 168 Å². The normalized spacial score (nSPS) is 27.4. The van der Waals surface area contributed by atoms with E-state index in [1.165, 1.54) is 0 Å². The summed E-state index contributed by atoms with van der Waals surface area (Å²) in [6.45, 7) is 8.59. The quantitative estimate of drug-likeness (QED) is 0.698. The number of Topliss-reactive ketones (excluding diaryl/α,β-unsaturated/α-hetero) is 1. The molecule has 0 spiro atoms. The van der Waals surface area contributed by atoms with Crippen LogP contribution in [-0.2, 0) is 11.3 Å².